The highest BCUT2D eigenvalue weighted by atomic mass is 19.1. The highest BCUT2D eigenvalue weighted by Gasteiger charge is 2.29. The SMILES string of the molecule is O=C(NC[C@@H](c1ccc2c(c1)OCO2)[NH+]1CCOCC1)C(=O)Nc1ccccc1F. The molecule has 0 radical (unpaired) electrons. The zero-order valence-corrected chi connectivity index (χ0v) is 16.3. The van der Waals surface area contributed by atoms with Crippen LogP contribution in [0.2, 0.25) is 0 Å². The summed E-state index contributed by atoms with van der Waals surface area (Å²) >= 11 is 0. The number of anilines is 1. The summed E-state index contributed by atoms with van der Waals surface area (Å²) in [5, 5.41) is 4.98. The fourth-order valence-electron chi connectivity index (χ4n) is 3.63. The van der Waals surface area contributed by atoms with Crippen molar-refractivity contribution in [3.05, 3.63) is 53.8 Å². The molecule has 8 nitrogen and oxygen atoms in total. The van der Waals surface area contributed by atoms with E-state index in [4.69, 9.17) is 14.2 Å². The molecule has 9 heteroatoms. The number of hydrogen-bond donors (Lipinski definition) is 3. The Morgan fingerprint density at radius 1 is 1.03 bits per heavy atom. The van der Waals surface area contributed by atoms with Gasteiger partial charge in [-0.2, -0.15) is 0 Å². The Labute approximate surface area is 172 Å². The maximum atomic E-state index is 13.7. The molecule has 1 saturated heterocycles. The number of quaternary nitrogens is 1. The standard InChI is InChI=1S/C21H22FN3O5/c22-15-3-1-2-4-16(15)24-21(27)20(26)23-12-17(25-7-9-28-10-8-25)14-5-6-18-19(11-14)30-13-29-18/h1-6,11,17H,7-10,12-13H2,(H,23,26)(H,24,27)/p+1/t17-/m0/s1. The number of benzene rings is 2. The first-order valence-electron chi connectivity index (χ1n) is 9.77. The van der Waals surface area contributed by atoms with Crippen LogP contribution in [-0.4, -0.2) is 51.5 Å². The molecule has 2 aromatic carbocycles. The van der Waals surface area contributed by atoms with Gasteiger partial charge in [-0.25, -0.2) is 4.39 Å². The summed E-state index contributed by atoms with van der Waals surface area (Å²) < 4.78 is 30.0. The van der Waals surface area contributed by atoms with Crippen LogP contribution in [0.4, 0.5) is 10.1 Å². The normalized spacial score (nSPS) is 16.7. The van der Waals surface area contributed by atoms with Crippen molar-refractivity contribution >= 4 is 17.5 Å². The molecule has 4 rings (SSSR count). The maximum Gasteiger partial charge on any atom is 0.313 e. The Morgan fingerprint density at radius 2 is 1.80 bits per heavy atom. The highest BCUT2D eigenvalue weighted by molar-refractivity contribution is 6.39. The molecule has 30 heavy (non-hydrogen) atoms. The molecule has 1 atom stereocenters. The lowest BCUT2D eigenvalue weighted by Crippen LogP contribution is -3.15. The minimum atomic E-state index is -0.915. The van der Waals surface area contributed by atoms with Crippen LogP contribution in [0.15, 0.2) is 42.5 Å². The number of carbonyl (C=O) groups is 2. The minimum absolute atomic E-state index is 0.0382. The third-order valence-electron chi connectivity index (χ3n) is 5.22. The maximum absolute atomic E-state index is 13.7. The van der Waals surface area contributed by atoms with Crippen LogP contribution in [0, 0.1) is 5.82 Å². The second kappa shape index (κ2) is 9.10. The third kappa shape index (κ3) is 4.52. The molecule has 2 aromatic rings. The molecular formula is C21H23FN3O5+. The summed E-state index contributed by atoms with van der Waals surface area (Å²) in [5.74, 6) is -0.996. The van der Waals surface area contributed by atoms with E-state index in [9.17, 15) is 14.0 Å². The van der Waals surface area contributed by atoms with Crippen molar-refractivity contribution in [1.82, 2.24) is 5.32 Å². The van der Waals surface area contributed by atoms with Gasteiger partial charge in [0.15, 0.2) is 11.5 Å². The Kier molecular flexibility index (Phi) is 6.10. The topological polar surface area (TPSA) is 90.3 Å². The van der Waals surface area contributed by atoms with Gasteiger partial charge in [0, 0.05) is 5.56 Å². The lowest BCUT2D eigenvalue weighted by atomic mass is 10.0. The second-order valence-corrected chi connectivity index (χ2v) is 7.08. The molecule has 0 unspecified atom stereocenters. The van der Waals surface area contributed by atoms with E-state index in [1.807, 2.05) is 18.2 Å². The molecule has 2 heterocycles. The quantitative estimate of drug-likeness (QED) is 0.609. The van der Waals surface area contributed by atoms with Crippen LogP contribution >= 0.6 is 0 Å². The molecule has 2 amide bonds. The largest absolute Gasteiger partial charge is 0.454 e. The van der Waals surface area contributed by atoms with Crippen LogP contribution < -0.4 is 25.0 Å². The van der Waals surface area contributed by atoms with E-state index in [0.29, 0.717) is 24.7 Å². The first-order chi connectivity index (χ1) is 14.6. The van der Waals surface area contributed by atoms with E-state index in [1.54, 1.807) is 6.07 Å². The van der Waals surface area contributed by atoms with Crippen molar-refractivity contribution in [2.75, 3.05) is 45.0 Å². The second-order valence-electron chi connectivity index (χ2n) is 7.08. The van der Waals surface area contributed by atoms with Crippen LogP contribution in [0.25, 0.3) is 0 Å². The van der Waals surface area contributed by atoms with Crippen molar-refractivity contribution in [3.8, 4) is 11.5 Å². The van der Waals surface area contributed by atoms with Crippen molar-refractivity contribution in [2.45, 2.75) is 6.04 Å². The van der Waals surface area contributed by atoms with Gasteiger partial charge in [-0.1, -0.05) is 12.1 Å². The molecule has 3 N–H and O–H groups in total. The molecule has 0 aromatic heterocycles. The lowest BCUT2D eigenvalue weighted by Gasteiger charge is -2.32. The van der Waals surface area contributed by atoms with Crippen molar-refractivity contribution < 1.29 is 33.1 Å². The van der Waals surface area contributed by atoms with E-state index in [1.165, 1.54) is 23.1 Å². The molecule has 2 aliphatic heterocycles. The fraction of sp³-hybridized carbons (Fsp3) is 0.333. The Hall–Kier alpha value is -3.17. The Morgan fingerprint density at radius 3 is 2.60 bits per heavy atom. The number of amides is 2. The van der Waals surface area contributed by atoms with Gasteiger partial charge in [0.25, 0.3) is 0 Å². The number of para-hydroxylation sites is 1. The van der Waals surface area contributed by atoms with Crippen LogP contribution in [0.1, 0.15) is 11.6 Å². The summed E-state index contributed by atoms with van der Waals surface area (Å²) in [4.78, 5) is 25.8. The van der Waals surface area contributed by atoms with Crippen molar-refractivity contribution in [3.63, 3.8) is 0 Å². The summed E-state index contributed by atoms with van der Waals surface area (Å²) in [7, 11) is 0. The van der Waals surface area contributed by atoms with Gasteiger partial charge in [-0.3, -0.25) is 9.59 Å². The van der Waals surface area contributed by atoms with Gasteiger partial charge in [-0.15, -0.1) is 0 Å². The van der Waals surface area contributed by atoms with Crippen LogP contribution in [-0.2, 0) is 14.3 Å². The molecule has 2 aliphatic rings. The molecule has 0 bridgehead atoms. The Balaban J connectivity index is 1.44. The number of hydrogen-bond acceptors (Lipinski definition) is 5. The molecule has 1 fully saturated rings. The number of morpholine rings is 1. The van der Waals surface area contributed by atoms with E-state index in [2.05, 4.69) is 10.6 Å². The number of ether oxygens (including phenoxy) is 3. The van der Waals surface area contributed by atoms with Gasteiger partial charge in [0.1, 0.15) is 24.9 Å². The van der Waals surface area contributed by atoms with Gasteiger partial charge in [-0.05, 0) is 30.3 Å². The average Bonchev–Trinajstić information content (AvgIpc) is 3.24. The zero-order valence-electron chi connectivity index (χ0n) is 16.3. The summed E-state index contributed by atoms with van der Waals surface area (Å²) in [5.41, 5.74) is 0.926. The predicted molar refractivity (Wildman–Crippen MR) is 105 cm³/mol. The zero-order chi connectivity index (χ0) is 20.9. The van der Waals surface area contributed by atoms with Crippen molar-refractivity contribution in [1.29, 1.82) is 0 Å². The first kappa shape index (κ1) is 20.1. The lowest BCUT2D eigenvalue weighted by molar-refractivity contribution is -0.937. The molecule has 0 spiro atoms. The van der Waals surface area contributed by atoms with Gasteiger partial charge >= 0.3 is 11.8 Å². The van der Waals surface area contributed by atoms with E-state index in [0.717, 1.165) is 18.7 Å². The van der Waals surface area contributed by atoms with Gasteiger partial charge in [0.2, 0.25) is 6.79 Å². The average molecular weight is 416 g/mol. The summed E-state index contributed by atoms with van der Waals surface area (Å²) in [6.45, 7) is 3.21. The summed E-state index contributed by atoms with van der Waals surface area (Å²) in [6.07, 6.45) is 0. The predicted octanol–water partition coefficient (Wildman–Crippen LogP) is 0.266. The smallest absolute Gasteiger partial charge is 0.313 e. The molecule has 0 aliphatic carbocycles. The van der Waals surface area contributed by atoms with Crippen LogP contribution in [0.3, 0.4) is 0 Å². The van der Waals surface area contributed by atoms with E-state index in [-0.39, 0.29) is 25.1 Å². The fourth-order valence-corrected chi connectivity index (χ4v) is 3.63. The van der Waals surface area contributed by atoms with Crippen LogP contribution in [0.5, 0.6) is 11.5 Å². The number of halogens is 1. The number of carbonyl (C=O) groups excluding carboxylic acids is 2. The minimum Gasteiger partial charge on any atom is -0.454 e. The number of fused-ring (bicyclic) bond motifs is 1. The highest BCUT2D eigenvalue weighted by Crippen LogP contribution is 2.33. The molecular weight excluding hydrogens is 393 g/mol. The first-order valence-corrected chi connectivity index (χ1v) is 9.77. The van der Waals surface area contributed by atoms with E-state index < -0.39 is 17.6 Å². The molecule has 158 valence electrons. The number of nitrogens with one attached hydrogen (secondary N) is 3. The van der Waals surface area contributed by atoms with Crippen molar-refractivity contribution in [2.24, 2.45) is 0 Å². The van der Waals surface area contributed by atoms with Gasteiger partial charge < -0.3 is 29.7 Å². The summed E-state index contributed by atoms with van der Waals surface area (Å²) in [6, 6.07) is 11.3. The van der Waals surface area contributed by atoms with Gasteiger partial charge in [0.05, 0.1) is 25.4 Å². The monoisotopic (exact) mass is 416 g/mol. The molecule has 0 saturated carbocycles. The third-order valence-corrected chi connectivity index (χ3v) is 5.22. The Bertz CT molecular complexity index is 933. The van der Waals surface area contributed by atoms with E-state index >= 15 is 0 Å². The number of rotatable bonds is 5.